The number of nitrogens with zero attached hydrogens (tertiary/aromatic N) is 1. The highest BCUT2D eigenvalue weighted by Gasteiger charge is 2.19. The third kappa shape index (κ3) is 5.22. The lowest BCUT2D eigenvalue weighted by atomic mass is 10.0. The van der Waals surface area contributed by atoms with E-state index in [1.54, 1.807) is 42.5 Å². The summed E-state index contributed by atoms with van der Waals surface area (Å²) in [6.07, 6.45) is 1.37. The summed E-state index contributed by atoms with van der Waals surface area (Å²) in [5.41, 5.74) is 4.12. The van der Waals surface area contributed by atoms with Gasteiger partial charge in [-0.2, -0.15) is 13.5 Å². The van der Waals surface area contributed by atoms with Gasteiger partial charge >= 0.3 is 10.1 Å². The van der Waals surface area contributed by atoms with Crippen LogP contribution in [-0.4, -0.2) is 20.5 Å². The molecule has 0 spiro atoms. The molecule has 8 heteroatoms. The van der Waals surface area contributed by atoms with E-state index in [9.17, 15) is 13.2 Å². The van der Waals surface area contributed by atoms with Gasteiger partial charge in [-0.15, -0.1) is 0 Å². The fraction of sp³-hybridized carbons (Fsp3) is 0.0400. The molecule has 0 saturated carbocycles. The SMILES string of the molecule is Cc1ccc(S(=O)(=O)Oc2ccc3ccccc3c2/C=N\NC(=O)c2cccc(Cl)c2)cc1. The van der Waals surface area contributed by atoms with Crippen molar-refractivity contribution in [2.75, 3.05) is 0 Å². The first-order chi connectivity index (χ1) is 15.8. The summed E-state index contributed by atoms with van der Waals surface area (Å²) in [6, 6.07) is 23.6. The average molecular weight is 479 g/mol. The highest BCUT2D eigenvalue weighted by Crippen LogP contribution is 2.29. The Morgan fingerprint density at radius 1 is 0.970 bits per heavy atom. The molecule has 0 aromatic heterocycles. The zero-order chi connectivity index (χ0) is 23.4. The quantitative estimate of drug-likeness (QED) is 0.230. The lowest BCUT2D eigenvalue weighted by molar-refractivity contribution is 0.0955. The summed E-state index contributed by atoms with van der Waals surface area (Å²) in [5.74, 6) is -0.362. The van der Waals surface area contributed by atoms with Crippen molar-refractivity contribution in [3.63, 3.8) is 0 Å². The summed E-state index contributed by atoms with van der Waals surface area (Å²) >= 11 is 5.93. The van der Waals surface area contributed by atoms with Gasteiger partial charge in [0.2, 0.25) is 0 Å². The molecule has 0 aliphatic carbocycles. The Kier molecular flexibility index (Phi) is 6.44. The molecule has 4 aromatic carbocycles. The number of carbonyl (C=O) groups is 1. The largest absolute Gasteiger partial charge is 0.378 e. The van der Waals surface area contributed by atoms with Crippen LogP contribution in [-0.2, 0) is 10.1 Å². The molecule has 33 heavy (non-hydrogen) atoms. The van der Waals surface area contributed by atoms with Crippen LogP contribution in [0.15, 0.2) is 94.9 Å². The molecular weight excluding hydrogens is 460 g/mol. The summed E-state index contributed by atoms with van der Waals surface area (Å²) in [4.78, 5) is 12.4. The molecule has 1 N–H and O–H groups in total. The second-order valence-electron chi connectivity index (χ2n) is 7.26. The Labute approximate surface area is 196 Å². The maximum Gasteiger partial charge on any atom is 0.339 e. The Bertz CT molecular complexity index is 1470. The number of benzene rings is 4. The molecule has 1 amide bonds. The van der Waals surface area contributed by atoms with E-state index >= 15 is 0 Å². The summed E-state index contributed by atoms with van der Waals surface area (Å²) in [6.45, 7) is 1.87. The molecule has 0 atom stereocenters. The number of amides is 1. The number of fused-ring (bicyclic) bond motifs is 1. The zero-order valence-corrected chi connectivity index (χ0v) is 19.1. The van der Waals surface area contributed by atoms with Gasteiger partial charge in [-0.3, -0.25) is 4.79 Å². The van der Waals surface area contributed by atoms with Crippen molar-refractivity contribution in [1.82, 2.24) is 5.43 Å². The fourth-order valence-electron chi connectivity index (χ4n) is 3.20. The summed E-state index contributed by atoms with van der Waals surface area (Å²) < 4.78 is 31.2. The first-order valence-corrected chi connectivity index (χ1v) is 11.7. The van der Waals surface area contributed by atoms with Crippen LogP contribution < -0.4 is 9.61 Å². The molecule has 0 unspecified atom stereocenters. The van der Waals surface area contributed by atoms with Gasteiger partial charge in [-0.05, 0) is 54.1 Å². The van der Waals surface area contributed by atoms with E-state index in [1.807, 2.05) is 31.2 Å². The van der Waals surface area contributed by atoms with Gasteiger partial charge in [0.25, 0.3) is 5.91 Å². The first kappa shape index (κ1) is 22.5. The molecule has 0 heterocycles. The van der Waals surface area contributed by atoms with Crippen molar-refractivity contribution < 1.29 is 17.4 Å². The van der Waals surface area contributed by atoms with E-state index in [4.69, 9.17) is 15.8 Å². The minimum atomic E-state index is -4.07. The first-order valence-electron chi connectivity index (χ1n) is 9.95. The number of hydrazone groups is 1. The Balaban J connectivity index is 1.67. The number of aryl methyl sites for hydroxylation is 1. The number of carbonyl (C=O) groups excluding carboxylic acids is 1. The van der Waals surface area contributed by atoms with Crippen LogP contribution in [0.3, 0.4) is 0 Å². The molecule has 0 radical (unpaired) electrons. The molecule has 0 fully saturated rings. The zero-order valence-electron chi connectivity index (χ0n) is 17.5. The van der Waals surface area contributed by atoms with Crippen molar-refractivity contribution in [2.45, 2.75) is 11.8 Å². The van der Waals surface area contributed by atoms with E-state index in [2.05, 4.69) is 10.5 Å². The topological polar surface area (TPSA) is 84.8 Å². The second-order valence-corrected chi connectivity index (χ2v) is 9.24. The fourth-order valence-corrected chi connectivity index (χ4v) is 4.34. The van der Waals surface area contributed by atoms with Crippen molar-refractivity contribution in [2.24, 2.45) is 5.10 Å². The van der Waals surface area contributed by atoms with Gasteiger partial charge < -0.3 is 4.18 Å². The van der Waals surface area contributed by atoms with Gasteiger partial charge in [0.05, 0.1) is 6.21 Å². The van der Waals surface area contributed by atoms with E-state index in [0.717, 1.165) is 16.3 Å². The molecule has 0 aliphatic rings. The predicted molar refractivity (Wildman–Crippen MR) is 129 cm³/mol. The van der Waals surface area contributed by atoms with E-state index in [1.165, 1.54) is 24.4 Å². The molecule has 6 nitrogen and oxygen atoms in total. The van der Waals surface area contributed by atoms with Crippen LogP contribution in [0, 0.1) is 6.92 Å². The lowest BCUT2D eigenvalue weighted by Crippen LogP contribution is -2.17. The third-order valence-electron chi connectivity index (χ3n) is 4.89. The monoisotopic (exact) mass is 478 g/mol. The molecule has 166 valence electrons. The highest BCUT2D eigenvalue weighted by atomic mass is 35.5. The van der Waals surface area contributed by atoms with Crippen molar-refractivity contribution in [3.8, 4) is 5.75 Å². The van der Waals surface area contributed by atoms with Crippen molar-refractivity contribution in [1.29, 1.82) is 0 Å². The maximum absolute atomic E-state index is 12.9. The van der Waals surface area contributed by atoms with Crippen molar-refractivity contribution >= 4 is 44.6 Å². The lowest BCUT2D eigenvalue weighted by Gasteiger charge is -2.12. The molecule has 0 bridgehead atoms. The third-order valence-corrected chi connectivity index (χ3v) is 6.37. The van der Waals surface area contributed by atoms with Crippen LogP contribution in [0.4, 0.5) is 0 Å². The van der Waals surface area contributed by atoms with Gasteiger partial charge in [0.1, 0.15) is 4.90 Å². The molecule has 0 saturated heterocycles. The smallest absolute Gasteiger partial charge is 0.339 e. The van der Waals surface area contributed by atoms with Gasteiger partial charge in [-0.25, -0.2) is 5.43 Å². The van der Waals surface area contributed by atoms with Crippen LogP contribution >= 0.6 is 11.6 Å². The molecular formula is C25H19ClN2O4S. The number of rotatable bonds is 6. The highest BCUT2D eigenvalue weighted by molar-refractivity contribution is 7.87. The average Bonchev–Trinajstić information content (AvgIpc) is 2.80. The number of hydrogen-bond acceptors (Lipinski definition) is 5. The normalized spacial score (nSPS) is 11.6. The molecule has 0 aliphatic heterocycles. The number of nitrogens with one attached hydrogen (secondary N) is 1. The summed E-state index contributed by atoms with van der Waals surface area (Å²) in [5, 5.41) is 6.04. The Morgan fingerprint density at radius 2 is 1.73 bits per heavy atom. The number of halogens is 1. The van der Waals surface area contributed by atoms with Gasteiger partial charge in [0, 0.05) is 16.1 Å². The van der Waals surface area contributed by atoms with E-state index in [0.29, 0.717) is 16.1 Å². The number of hydrogen-bond donors (Lipinski definition) is 1. The van der Waals surface area contributed by atoms with Crippen LogP contribution in [0.5, 0.6) is 5.75 Å². The maximum atomic E-state index is 12.9. The van der Waals surface area contributed by atoms with E-state index < -0.39 is 16.0 Å². The molecule has 4 aromatic rings. The Morgan fingerprint density at radius 3 is 2.48 bits per heavy atom. The van der Waals surface area contributed by atoms with Gasteiger partial charge in [0.15, 0.2) is 5.75 Å². The predicted octanol–water partition coefficient (Wildman–Crippen LogP) is 5.33. The second kappa shape index (κ2) is 9.44. The molecule has 4 rings (SSSR count). The van der Waals surface area contributed by atoms with Gasteiger partial charge in [-0.1, -0.05) is 65.7 Å². The summed E-state index contributed by atoms with van der Waals surface area (Å²) in [7, 11) is -4.07. The standard InChI is InChI=1S/C25H19ClN2O4S/c1-17-9-12-21(13-10-17)33(30,31)32-24-14-11-18-5-2-3-8-22(18)23(24)16-27-28-25(29)19-6-4-7-20(26)15-19/h2-16H,1H3,(H,28,29)/b27-16-. The van der Waals surface area contributed by atoms with E-state index in [-0.39, 0.29) is 10.6 Å². The van der Waals surface area contributed by atoms with Crippen LogP contribution in [0.2, 0.25) is 5.02 Å². The minimum absolute atomic E-state index is 0.0402. The van der Waals surface area contributed by atoms with Crippen LogP contribution in [0.1, 0.15) is 21.5 Å². The minimum Gasteiger partial charge on any atom is -0.378 e. The Hall–Kier alpha value is -3.68. The van der Waals surface area contributed by atoms with Crippen LogP contribution in [0.25, 0.3) is 10.8 Å². The van der Waals surface area contributed by atoms with Crippen molar-refractivity contribution in [3.05, 3.63) is 107 Å².